The minimum absolute atomic E-state index is 0.0936. The van der Waals surface area contributed by atoms with Crippen molar-refractivity contribution < 1.29 is 14.3 Å². The number of nitrogens with one attached hydrogen (secondary N) is 1. The van der Waals surface area contributed by atoms with Gasteiger partial charge in [0.1, 0.15) is 0 Å². The maximum atomic E-state index is 12.1. The van der Waals surface area contributed by atoms with E-state index >= 15 is 0 Å². The number of amides is 2. The normalized spacial score (nSPS) is 23.7. The molecule has 0 aromatic carbocycles. The van der Waals surface area contributed by atoms with Crippen LogP contribution in [0, 0.1) is 0 Å². The molecule has 1 fully saturated rings. The Morgan fingerprint density at radius 1 is 1.25 bits per heavy atom. The highest BCUT2D eigenvalue weighted by Crippen LogP contribution is 2.16. The summed E-state index contributed by atoms with van der Waals surface area (Å²) < 4.78 is 5.13. The van der Waals surface area contributed by atoms with Crippen LogP contribution in [-0.4, -0.2) is 73.6 Å². The Balaban J connectivity index is 2.43. The molecule has 0 spiro atoms. The number of piperazine rings is 1. The van der Waals surface area contributed by atoms with E-state index in [1.54, 1.807) is 7.11 Å². The fraction of sp³-hybridized carbons (Fsp3) is 0.857. The molecule has 6 heteroatoms. The Kier molecular flexibility index (Phi) is 6.95. The molecule has 0 aromatic rings. The van der Waals surface area contributed by atoms with Crippen LogP contribution in [-0.2, 0) is 14.3 Å². The summed E-state index contributed by atoms with van der Waals surface area (Å²) in [7, 11) is 1.71. The molecule has 6 nitrogen and oxygen atoms in total. The van der Waals surface area contributed by atoms with Gasteiger partial charge >= 0.3 is 0 Å². The summed E-state index contributed by atoms with van der Waals surface area (Å²) >= 11 is 0. The van der Waals surface area contributed by atoms with Gasteiger partial charge in [-0.2, -0.15) is 0 Å². The predicted octanol–water partition coefficient (Wildman–Crippen LogP) is 0.0802. The molecule has 0 saturated carbocycles. The van der Waals surface area contributed by atoms with E-state index in [2.05, 4.69) is 24.1 Å². The number of methoxy groups -OCH3 is 1. The minimum atomic E-state index is -0.0936. The van der Waals surface area contributed by atoms with E-state index in [9.17, 15) is 9.59 Å². The molecule has 0 aliphatic carbocycles. The molecule has 1 heterocycles. The molecule has 1 saturated heterocycles. The average molecular weight is 285 g/mol. The smallest absolute Gasteiger partial charge is 0.224 e. The van der Waals surface area contributed by atoms with Crippen molar-refractivity contribution in [3.63, 3.8) is 0 Å². The first-order chi connectivity index (χ1) is 9.45. The number of hydrogen-bond donors (Lipinski definition) is 1. The van der Waals surface area contributed by atoms with Gasteiger partial charge in [0.05, 0.1) is 6.61 Å². The molecule has 116 valence electrons. The van der Waals surface area contributed by atoms with Gasteiger partial charge in [-0.1, -0.05) is 0 Å². The van der Waals surface area contributed by atoms with Gasteiger partial charge in [0.25, 0.3) is 0 Å². The third kappa shape index (κ3) is 5.09. The molecular formula is C14H27N3O3. The van der Waals surface area contributed by atoms with Crippen molar-refractivity contribution in [2.24, 2.45) is 0 Å². The van der Waals surface area contributed by atoms with Gasteiger partial charge < -0.3 is 15.0 Å². The summed E-state index contributed by atoms with van der Waals surface area (Å²) in [6.45, 7) is 9.25. The zero-order valence-electron chi connectivity index (χ0n) is 13.0. The molecule has 0 bridgehead atoms. The van der Waals surface area contributed by atoms with Crippen LogP contribution in [0.3, 0.4) is 0 Å². The number of hydrogen-bond acceptors (Lipinski definition) is 4. The van der Waals surface area contributed by atoms with Crippen LogP contribution in [0.1, 0.15) is 27.2 Å². The molecule has 2 amide bonds. The van der Waals surface area contributed by atoms with Gasteiger partial charge in [-0.05, 0) is 13.8 Å². The number of carbonyl (C=O) groups is 2. The Hall–Kier alpha value is -1.14. The number of rotatable bonds is 6. The molecule has 0 radical (unpaired) electrons. The lowest BCUT2D eigenvalue weighted by Crippen LogP contribution is -2.58. The van der Waals surface area contributed by atoms with Crippen molar-refractivity contribution in [1.29, 1.82) is 0 Å². The fourth-order valence-corrected chi connectivity index (χ4v) is 2.70. The van der Waals surface area contributed by atoms with Crippen LogP contribution < -0.4 is 5.32 Å². The first-order valence-electron chi connectivity index (χ1n) is 7.22. The molecule has 0 aromatic heterocycles. The van der Waals surface area contributed by atoms with Gasteiger partial charge in [-0.25, -0.2) is 0 Å². The van der Waals surface area contributed by atoms with E-state index in [-0.39, 0.29) is 11.8 Å². The summed E-state index contributed by atoms with van der Waals surface area (Å²) in [6, 6.07) is 0.664. The summed E-state index contributed by atoms with van der Waals surface area (Å²) in [5.41, 5.74) is 0. The van der Waals surface area contributed by atoms with Gasteiger partial charge in [0.2, 0.25) is 11.8 Å². The maximum absolute atomic E-state index is 12.1. The van der Waals surface area contributed by atoms with Crippen molar-refractivity contribution in [2.45, 2.75) is 39.3 Å². The lowest BCUT2D eigenvalue weighted by Gasteiger charge is -2.44. The summed E-state index contributed by atoms with van der Waals surface area (Å²) in [5, 5.41) is 2.66. The van der Waals surface area contributed by atoms with Crippen molar-refractivity contribution >= 4 is 11.8 Å². The monoisotopic (exact) mass is 285 g/mol. The predicted molar refractivity (Wildman–Crippen MR) is 77.4 cm³/mol. The molecule has 1 N–H and O–H groups in total. The van der Waals surface area contributed by atoms with Crippen molar-refractivity contribution in [2.75, 3.05) is 39.9 Å². The second-order valence-corrected chi connectivity index (χ2v) is 5.46. The Morgan fingerprint density at radius 3 is 2.35 bits per heavy atom. The van der Waals surface area contributed by atoms with Crippen LogP contribution in [0.2, 0.25) is 0 Å². The first kappa shape index (κ1) is 16.9. The molecule has 20 heavy (non-hydrogen) atoms. The van der Waals surface area contributed by atoms with Crippen LogP contribution in [0.25, 0.3) is 0 Å². The van der Waals surface area contributed by atoms with Crippen LogP contribution in [0.5, 0.6) is 0 Å². The Labute approximate surface area is 121 Å². The second kappa shape index (κ2) is 8.21. The standard InChI is InChI=1S/C14H27N3O3/c1-11-9-16(14(19)5-6-15-13(3)18)10-12(2)17(11)7-8-20-4/h11-12H,5-10H2,1-4H3,(H,15,18). The van der Waals surface area contributed by atoms with E-state index < -0.39 is 0 Å². The zero-order chi connectivity index (χ0) is 15.1. The summed E-state index contributed by atoms with van der Waals surface area (Å²) in [4.78, 5) is 27.2. The van der Waals surface area contributed by atoms with Crippen LogP contribution >= 0.6 is 0 Å². The second-order valence-electron chi connectivity index (χ2n) is 5.46. The summed E-state index contributed by atoms with van der Waals surface area (Å²) in [5.74, 6) is 0.0211. The van der Waals surface area contributed by atoms with E-state index in [0.717, 1.165) is 19.6 Å². The molecule has 1 aliphatic rings. The number of carbonyl (C=O) groups excluding carboxylic acids is 2. The zero-order valence-corrected chi connectivity index (χ0v) is 13.0. The van der Waals surface area contributed by atoms with Crippen LogP contribution in [0.15, 0.2) is 0 Å². The van der Waals surface area contributed by atoms with Crippen molar-refractivity contribution in [3.05, 3.63) is 0 Å². The molecule has 2 unspecified atom stereocenters. The van der Waals surface area contributed by atoms with E-state index in [1.165, 1.54) is 6.92 Å². The van der Waals surface area contributed by atoms with E-state index in [1.807, 2.05) is 4.90 Å². The fourth-order valence-electron chi connectivity index (χ4n) is 2.70. The van der Waals surface area contributed by atoms with Gasteiger partial charge in [0.15, 0.2) is 0 Å². The topological polar surface area (TPSA) is 61.9 Å². The quantitative estimate of drug-likeness (QED) is 0.751. The number of ether oxygens (including phenoxy) is 1. The van der Waals surface area contributed by atoms with Gasteiger partial charge in [-0.3, -0.25) is 14.5 Å². The van der Waals surface area contributed by atoms with Crippen molar-refractivity contribution in [3.8, 4) is 0 Å². The van der Waals surface area contributed by atoms with E-state index in [0.29, 0.717) is 31.7 Å². The third-order valence-corrected chi connectivity index (χ3v) is 3.72. The molecular weight excluding hydrogens is 258 g/mol. The number of nitrogens with zero attached hydrogens (tertiary/aromatic N) is 2. The van der Waals surface area contributed by atoms with Gasteiger partial charge in [0, 0.05) is 58.7 Å². The lowest BCUT2D eigenvalue weighted by molar-refractivity contribution is -0.135. The average Bonchev–Trinajstić information content (AvgIpc) is 2.37. The highest BCUT2D eigenvalue weighted by atomic mass is 16.5. The van der Waals surface area contributed by atoms with Crippen LogP contribution in [0.4, 0.5) is 0 Å². The van der Waals surface area contributed by atoms with E-state index in [4.69, 9.17) is 4.74 Å². The first-order valence-corrected chi connectivity index (χ1v) is 7.22. The minimum Gasteiger partial charge on any atom is -0.383 e. The Bertz CT molecular complexity index is 324. The Morgan fingerprint density at radius 2 is 1.85 bits per heavy atom. The van der Waals surface area contributed by atoms with Crippen molar-refractivity contribution in [1.82, 2.24) is 15.1 Å². The molecule has 1 rings (SSSR count). The maximum Gasteiger partial charge on any atom is 0.224 e. The highest BCUT2D eigenvalue weighted by molar-refractivity contribution is 5.78. The highest BCUT2D eigenvalue weighted by Gasteiger charge is 2.31. The largest absolute Gasteiger partial charge is 0.383 e. The SMILES string of the molecule is COCCN1C(C)CN(C(=O)CCNC(C)=O)CC1C. The molecule has 2 atom stereocenters. The lowest BCUT2D eigenvalue weighted by atomic mass is 10.1. The third-order valence-electron chi connectivity index (χ3n) is 3.72. The summed E-state index contributed by atoms with van der Waals surface area (Å²) in [6.07, 6.45) is 0.372. The van der Waals surface area contributed by atoms with Gasteiger partial charge in [-0.15, -0.1) is 0 Å². The molecule has 1 aliphatic heterocycles.